The number of methoxy groups -OCH3 is 4. The molecule has 1 fully saturated rings. The predicted molar refractivity (Wildman–Crippen MR) is 118 cm³/mol. The smallest absolute Gasteiger partial charge is 0.322 e. The van der Waals surface area contributed by atoms with Gasteiger partial charge in [0.15, 0.2) is 11.5 Å². The Balaban J connectivity index is 1.68. The minimum atomic E-state index is -3.74. The van der Waals surface area contributed by atoms with Crippen molar-refractivity contribution in [2.75, 3.05) is 59.9 Å². The van der Waals surface area contributed by atoms with Gasteiger partial charge in [0, 0.05) is 38.3 Å². The molecule has 0 spiro atoms. The largest absolute Gasteiger partial charge is 0.497 e. The van der Waals surface area contributed by atoms with Gasteiger partial charge < -0.3 is 29.2 Å². The van der Waals surface area contributed by atoms with E-state index in [2.05, 4.69) is 5.32 Å². The highest BCUT2D eigenvalue weighted by Gasteiger charge is 2.31. The monoisotopic (exact) mass is 465 g/mol. The van der Waals surface area contributed by atoms with E-state index in [-0.39, 0.29) is 37.1 Å². The summed E-state index contributed by atoms with van der Waals surface area (Å²) in [6.07, 6.45) is 0. The molecule has 3 rings (SSSR count). The third kappa shape index (κ3) is 4.83. The molecule has 0 bridgehead atoms. The van der Waals surface area contributed by atoms with Gasteiger partial charge in [0.25, 0.3) is 0 Å². The van der Waals surface area contributed by atoms with Crippen LogP contribution in [0.25, 0.3) is 0 Å². The third-order valence-corrected chi connectivity index (χ3v) is 7.06. The summed E-state index contributed by atoms with van der Waals surface area (Å²) in [4.78, 5) is 14.4. The molecule has 1 N–H and O–H groups in total. The number of nitrogens with one attached hydrogen (secondary N) is 1. The topological polar surface area (TPSA) is 107 Å². The SMILES string of the molecule is COc1ccc(OC)c(NC(=O)N2CCN(S(=O)(=O)c3ccc(OC)c(OC)c3)CC2)c1. The van der Waals surface area contributed by atoms with Crippen molar-refractivity contribution in [3.8, 4) is 23.0 Å². The van der Waals surface area contributed by atoms with E-state index in [0.29, 0.717) is 28.7 Å². The first-order valence-electron chi connectivity index (χ1n) is 9.84. The van der Waals surface area contributed by atoms with E-state index in [4.69, 9.17) is 18.9 Å². The van der Waals surface area contributed by atoms with Crippen molar-refractivity contribution in [2.45, 2.75) is 4.90 Å². The Morgan fingerprint density at radius 3 is 2.03 bits per heavy atom. The Morgan fingerprint density at radius 2 is 1.44 bits per heavy atom. The number of piperazine rings is 1. The van der Waals surface area contributed by atoms with Crippen LogP contribution in [0.15, 0.2) is 41.3 Å². The molecular weight excluding hydrogens is 438 g/mol. The zero-order chi connectivity index (χ0) is 23.3. The second kappa shape index (κ2) is 9.96. The predicted octanol–water partition coefficient (Wildman–Crippen LogP) is 2.26. The van der Waals surface area contributed by atoms with Crippen LogP contribution in [0.4, 0.5) is 10.5 Å². The van der Waals surface area contributed by atoms with Crippen LogP contribution in [0.3, 0.4) is 0 Å². The normalized spacial score (nSPS) is 14.6. The van der Waals surface area contributed by atoms with Gasteiger partial charge in [-0.1, -0.05) is 0 Å². The van der Waals surface area contributed by atoms with Crippen molar-refractivity contribution in [2.24, 2.45) is 0 Å². The van der Waals surface area contributed by atoms with Crippen LogP contribution in [0.2, 0.25) is 0 Å². The number of carbonyl (C=O) groups excluding carboxylic acids is 1. The number of hydrogen-bond donors (Lipinski definition) is 1. The molecule has 2 aromatic carbocycles. The number of sulfonamides is 1. The van der Waals surface area contributed by atoms with E-state index in [1.165, 1.54) is 44.9 Å². The molecule has 0 atom stereocenters. The number of urea groups is 1. The van der Waals surface area contributed by atoms with Crippen LogP contribution in [0.5, 0.6) is 23.0 Å². The number of ether oxygens (including phenoxy) is 4. The van der Waals surface area contributed by atoms with Gasteiger partial charge in [0.05, 0.1) is 39.0 Å². The first-order valence-corrected chi connectivity index (χ1v) is 11.3. The lowest BCUT2D eigenvalue weighted by atomic mass is 10.2. The van der Waals surface area contributed by atoms with Crippen LogP contribution >= 0.6 is 0 Å². The van der Waals surface area contributed by atoms with E-state index in [9.17, 15) is 13.2 Å². The fourth-order valence-corrected chi connectivity index (χ4v) is 4.80. The molecule has 1 aliphatic heterocycles. The number of benzene rings is 2. The fraction of sp³-hybridized carbons (Fsp3) is 0.381. The number of anilines is 1. The molecule has 0 saturated carbocycles. The molecule has 0 unspecified atom stereocenters. The molecule has 32 heavy (non-hydrogen) atoms. The number of amides is 2. The van der Waals surface area contributed by atoms with E-state index in [0.717, 1.165) is 0 Å². The molecule has 1 aliphatic rings. The Morgan fingerprint density at radius 1 is 0.812 bits per heavy atom. The molecule has 11 heteroatoms. The zero-order valence-corrected chi connectivity index (χ0v) is 19.3. The average molecular weight is 466 g/mol. The standard InChI is InChI=1S/C21H27N3O7S/c1-28-15-5-7-18(29-2)17(13-15)22-21(25)23-9-11-24(12-10-23)32(26,27)16-6-8-19(30-3)20(14-16)31-4/h5-8,13-14H,9-12H2,1-4H3,(H,22,25). The number of rotatable bonds is 7. The maximum absolute atomic E-state index is 13.1. The summed E-state index contributed by atoms with van der Waals surface area (Å²) in [5.41, 5.74) is 0.470. The first kappa shape index (κ1) is 23.5. The van der Waals surface area contributed by atoms with Crippen LogP contribution in [-0.4, -0.2) is 78.3 Å². The summed E-state index contributed by atoms with van der Waals surface area (Å²) in [6, 6.07) is 9.20. The van der Waals surface area contributed by atoms with Crippen molar-refractivity contribution in [3.05, 3.63) is 36.4 Å². The summed E-state index contributed by atoms with van der Waals surface area (Å²) >= 11 is 0. The van der Waals surface area contributed by atoms with Crippen LogP contribution < -0.4 is 24.3 Å². The molecule has 2 amide bonds. The molecule has 1 heterocycles. The Hall–Kier alpha value is -3.18. The second-order valence-electron chi connectivity index (χ2n) is 6.90. The van der Waals surface area contributed by atoms with Gasteiger partial charge >= 0.3 is 6.03 Å². The van der Waals surface area contributed by atoms with Gasteiger partial charge in [-0.2, -0.15) is 4.31 Å². The lowest BCUT2D eigenvalue weighted by Crippen LogP contribution is -2.51. The van der Waals surface area contributed by atoms with Crippen molar-refractivity contribution in [1.82, 2.24) is 9.21 Å². The maximum atomic E-state index is 13.1. The van der Waals surface area contributed by atoms with Gasteiger partial charge in [-0.3, -0.25) is 0 Å². The van der Waals surface area contributed by atoms with Crippen LogP contribution in [0.1, 0.15) is 0 Å². The van der Waals surface area contributed by atoms with E-state index < -0.39 is 10.0 Å². The van der Waals surface area contributed by atoms with E-state index in [1.807, 2.05) is 0 Å². The highest BCUT2D eigenvalue weighted by molar-refractivity contribution is 7.89. The Labute approximate surface area is 187 Å². The van der Waals surface area contributed by atoms with Crippen molar-refractivity contribution < 1.29 is 32.2 Å². The summed E-state index contributed by atoms with van der Waals surface area (Å²) in [6.45, 7) is 0.813. The molecule has 2 aromatic rings. The first-order chi connectivity index (χ1) is 15.3. The van der Waals surface area contributed by atoms with Gasteiger partial charge in [0.2, 0.25) is 10.0 Å². The minimum Gasteiger partial charge on any atom is -0.497 e. The van der Waals surface area contributed by atoms with Gasteiger partial charge in [0.1, 0.15) is 11.5 Å². The second-order valence-corrected chi connectivity index (χ2v) is 8.84. The van der Waals surface area contributed by atoms with Gasteiger partial charge in [-0.05, 0) is 24.3 Å². The number of hydrogen-bond acceptors (Lipinski definition) is 7. The van der Waals surface area contributed by atoms with Crippen LogP contribution in [0, 0.1) is 0 Å². The lowest BCUT2D eigenvalue weighted by Gasteiger charge is -2.34. The Bertz CT molecular complexity index is 1070. The van der Waals surface area contributed by atoms with Crippen molar-refractivity contribution >= 4 is 21.7 Å². The molecule has 174 valence electrons. The molecule has 0 aromatic heterocycles. The third-order valence-electron chi connectivity index (χ3n) is 5.17. The zero-order valence-electron chi connectivity index (χ0n) is 18.5. The summed E-state index contributed by atoms with van der Waals surface area (Å²) < 4.78 is 48.3. The van der Waals surface area contributed by atoms with Crippen LogP contribution in [-0.2, 0) is 10.0 Å². The summed E-state index contributed by atoms with van der Waals surface area (Å²) in [5, 5.41) is 2.80. The molecule has 0 radical (unpaired) electrons. The quantitative estimate of drug-likeness (QED) is 0.668. The summed E-state index contributed by atoms with van der Waals surface area (Å²) in [5.74, 6) is 1.85. The van der Waals surface area contributed by atoms with Crippen molar-refractivity contribution in [3.63, 3.8) is 0 Å². The Kier molecular flexibility index (Phi) is 7.31. The number of nitrogens with zero attached hydrogens (tertiary/aromatic N) is 2. The lowest BCUT2D eigenvalue weighted by molar-refractivity contribution is 0.184. The highest BCUT2D eigenvalue weighted by Crippen LogP contribution is 2.31. The molecule has 0 aliphatic carbocycles. The minimum absolute atomic E-state index is 0.106. The number of carbonyl (C=O) groups is 1. The molecule has 10 nitrogen and oxygen atoms in total. The van der Waals surface area contributed by atoms with E-state index >= 15 is 0 Å². The van der Waals surface area contributed by atoms with Crippen molar-refractivity contribution in [1.29, 1.82) is 0 Å². The fourth-order valence-electron chi connectivity index (χ4n) is 3.36. The van der Waals surface area contributed by atoms with Gasteiger partial charge in [-0.15, -0.1) is 0 Å². The maximum Gasteiger partial charge on any atom is 0.322 e. The summed E-state index contributed by atoms with van der Waals surface area (Å²) in [7, 11) is 2.23. The van der Waals surface area contributed by atoms with Gasteiger partial charge in [-0.25, -0.2) is 13.2 Å². The molecular formula is C21H27N3O7S. The van der Waals surface area contributed by atoms with E-state index in [1.54, 1.807) is 29.2 Å². The highest BCUT2D eigenvalue weighted by atomic mass is 32.2. The molecule has 1 saturated heterocycles. The average Bonchev–Trinajstić information content (AvgIpc) is 2.83.